The van der Waals surface area contributed by atoms with Gasteiger partial charge in [0.25, 0.3) is 0 Å². The minimum absolute atomic E-state index is 0.148. The molecule has 0 spiro atoms. The predicted octanol–water partition coefficient (Wildman–Crippen LogP) is 4.75. The molecule has 3 rings (SSSR count). The van der Waals surface area contributed by atoms with Gasteiger partial charge in [0.05, 0.1) is 22.8 Å². The van der Waals surface area contributed by atoms with Crippen LogP contribution in [0.3, 0.4) is 0 Å². The van der Waals surface area contributed by atoms with Crippen LogP contribution in [0.5, 0.6) is 11.6 Å². The molecule has 0 radical (unpaired) electrons. The average Bonchev–Trinajstić information content (AvgIpc) is 2.64. The van der Waals surface area contributed by atoms with Crippen molar-refractivity contribution in [3.63, 3.8) is 0 Å². The van der Waals surface area contributed by atoms with E-state index < -0.39 is 5.97 Å². The molecule has 0 atom stereocenters. The van der Waals surface area contributed by atoms with Crippen LogP contribution in [0.1, 0.15) is 21.5 Å². The first-order valence-electron chi connectivity index (χ1n) is 7.95. The Morgan fingerprint density at radius 3 is 2.38 bits per heavy atom. The SMILES string of the molecule is COc1ccc(C(=O)Oc2ccc(-c3ccc(C)c(C)c3)nn2)cc1Br. The van der Waals surface area contributed by atoms with Gasteiger partial charge in [0.2, 0.25) is 5.88 Å². The fraction of sp³-hybridized carbons (Fsp3) is 0.150. The summed E-state index contributed by atoms with van der Waals surface area (Å²) in [5, 5.41) is 8.15. The fourth-order valence-corrected chi connectivity index (χ4v) is 2.92. The lowest BCUT2D eigenvalue weighted by atomic mass is 10.0. The van der Waals surface area contributed by atoms with Crippen LogP contribution < -0.4 is 9.47 Å². The van der Waals surface area contributed by atoms with E-state index in [1.165, 1.54) is 11.1 Å². The maximum Gasteiger partial charge on any atom is 0.344 e. The molecule has 1 aromatic heterocycles. The predicted molar refractivity (Wildman–Crippen MR) is 103 cm³/mol. The number of benzene rings is 2. The van der Waals surface area contributed by atoms with Gasteiger partial charge >= 0.3 is 5.97 Å². The summed E-state index contributed by atoms with van der Waals surface area (Å²) in [6, 6.07) is 14.5. The Bertz CT molecular complexity index is 956. The molecule has 2 aromatic carbocycles. The van der Waals surface area contributed by atoms with Crippen LogP contribution >= 0.6 is 15.9 Å². The molecule has 0 aliphatic rings. The van der Waals surface area contributed by atoms with Crippen molar-refractivity contribution in [3.05, 3.63) is 69.7 Å². The van der Waals surface area contributed by atoms with Gasteiger partial charge in [0.1, 0.15) is 5.75 Å². The summed E-state index contributed by atoms with van der Waals surface area (Å²) in [4.78, 5) is 12.3. The second-order valence-electron chi connectivity index (χ2n) is 5.79. The lowest BCUT2D eigenvalue weighted by Crippen LogP contribution is -2.10. The number of ether oxygens (including phenoxy) is 2. The number of carbonyl (C=O) groups excluding carboxylic acids is 1. The number of aryl methyl sites for hydroxylation is 2. The molecule has 0 aliphatic heterocycles. The molecular formula is C20H17BrN2O3. The second-order valence-corrected chi connectivity index (χ2v) is 6.65. The minimum Gasteiger partial charge on any atom is -0.496 e. The summed E-state index contributed by atoms with van der Waals surface area (Å²) in [5.41, 5.74) is 4.48. The van der Waals surface area contributed by atoms with E-state index in [2.05, 4.69) is 46.0 Å². The Labute approximate surface area is 160 Å². The Kier molecular flexibility index (Phi) is 5.32. The molecule has 0 saturated heterocycles. The number of esters is 1. The quantitative estimate of drug-likeness (QED) is 0.578. The van der Waals surface area contributed by atoms with E-state index in [0.717, 1.165) is 11.3 Å². The number of halogens is 1. The van der Waals surface area contributed by atoms with Gasteiger partial charge in [-0.3, -0.25) is 0 Å². The zero-order valence-electron chi connectivity index (χ0n) is 14.6. The number of rotatable bonds is 4. The number of nitrogens with zero attached hydrogens (tertiary/aromatic N) is 2. The number of hydrogen-bond acceptors (Lipinski definition) is 5. The molecule has 3 aromatic rings. The van der Waals surface area contributed by atoms with Crippen molar-refractivity contribution >= 4 is 21.9 Å². The Morgan fingerprint density at radius 1 is 0.962 bits per heavy atom. The van der Waals surface area contributed by atoms with E-state index in [-0.39, 0.29) is 5.88 Å². The van der Waals surface area contributed by atoms with Crippen molar-refractivity contribution in [2.75, 3.05) is 7.11 Å². The average molecular weight is 413 g/mol. The molecule has 1 heterocycles. The third-order valence-corrected chi connectivity index (χ3v) is 4.65. The van der Waals surface area contributed by atoms with Crippen molar-refractivity contribution in [1.82, 2.24) is 10.2 Å². The zero-order valence-corrected chi connectivity index (χ0v) is 16.2. The lowest BCUT2D eigenvalue weighted by molar-refractivity contribution is 0.0725. The van der Waals surface area contributed by atoms with Crippen LogP contribution in [0.4, 0.5) is 0 Å². The smallest absolute Gasteiger partial charge is 0.344 e. The van der Waals surface area contributed by atoms with Crippen LogP contribution in [-0.4, -0.2) is 23.3 Å². The molecule has 0 aliphatic carbocycles. The van der Waals surface area contributed by atoms with Gasteiger partial charge in [-0.2, -0.15) is 0 Å². The number of carbonyl (C=O) groups is 1. The van der Waals surface area contributed by atoms with Crippen molar-refractivity contribution in [1.29, 1.82) is 0 Å². The van der Waals surface area contributed by atoms with Gasteiger partial charge in [-0.15, -0.1) is 10.2 Å². The highest BCUT2D eigenvalue weighted by Gasteiger charge is 2.13. The van der Waals surface area contributed by atoms with Gasteiger partial charge in [-0.25, -0.2) is 4.79 Å². The molecule has 132 valence electrons. The van der Waals surface area contributed by atoms with E-state index in [1.54, 1.807) is 37.4 Å². The third-order valence-electron chi connectivity index (χ3n) is 4.03. The second kappa shape index (κ2) is 7.66. The van der Waals surface area contributed by atoms with Crippen LogP contribution in [-0.2, 0) is 0 Å². The van der Waals surface area contributed by atoms with Gasteiger partial charge in [0.15, 0.2) is 0 Å². The molecule has 0 fully saturated rings. The third kappa shape index (κ3) is 3.91. The molecule has 0 saturated carbocycles. The summed E-state index contributed by atoms with van der Waals surface area (Å²) < 4.78 is 11.1. The highest BCUT2D eigenvalue weighted by molar-refractivity contribution is 9.10. The van der Waals surface area contributed by atoms with E-state index in [1.807, 2.05) is 12.1 Å². The number of hydrogen-bond donors (Lipinski definition) is 0. The monoisotopic (exact) mass is 412 g/mol. The van der Waals surface area contributed by atoms with Crippen LogP contribution in [0.2, 0.25) is 0 Å². The maximum absolute atomic E-state index is 12.3. The van der Waals surface area contributed by atoms with Gasteiger partial charge in [-0.05, 0) is 71.2 Å². The first-order chi connectivity index (χ1) is 12.5. The Balaban J connectivity index is 1.75. The van der Waals surface area contributed by atoms with Crippen molar-refractivity contribution in [3.8, 4) is 22.9 Å². The van der Waals surface area contributed by atoms with Gasteiger partial charge in [-0.1, -0.05) is 12.1 Å². The summed E-state index contributed by atoms with van der Waals surface area (Å²) in [6.45, 7) is 4.11. The van der Waals surface area contributed by atoms with Gasteiger partial charge in [0, 0.05) is 11.6 Å². The highest BCUT2D eigenvalue weighted by atomic mass is 79.9. The van der Waals surface area contributed by atoms with Crippen molar-refractivity contribution < 1.29 is 14.3 Å². The zero-order chi connectivity index (χ0) is 18.7. The molecule has 0 amide bonds. The van der Waals surface area contributed by atoms with Crippen molar-refractivity contribution in [2.24, 2.45) is 0 Å². The molecular weight excluding hydrogens is 396 g/mol. The van der Waals surface area contributed by atoms with E-state index in [9.17, 15) is 4.79 Å². The molecule has 26 heavy (non-hydrogen) atoms. The van der Waals surface area contributed by atoms with Crippen LogP contribution in [0, 0.1) is 13.8 Å². The normalized spacial score (nSPS) is 10.5. The first kappa shape index (κ1) is 18.1. The minimum atomic E-state index is -0.512. The maximum atomic E-state index is 12.3. The van der Waals surface area contributed by atoms with E-state index in [0.29, 0.717) is 15.8 Å². The standard InChI is InChI=1S/C20H17BrN2O3/c1-12-4-5-14(10-13(12)2)17-7-9-19(23-22-17)26-20(24)15-6-8-18(25-3)16(21)11-15/h4-11H,1-3H3. The summed E-state index contributed by atoms with van der Waals surface area (Å²) in [5.74, 6) is 0.273. The van der Waals surface area contributed by atoms with E-state index >= 15 is 0 Å². The van der Waals surface area contributed by atoms with Gasteiger partial charge < -0.3 is 9.47 Å². The molecule has 6 heteroatoms. The molecule has 0 bridgehead atoms. The number of aromatic nitrogens is 2. The Morgan fingerprint density at radius 2 is 1.77 bits per heavy atom. The lowest BCUT2D eigenvalue weighted by Gasteiger charge is -2.07. The highest BCUT2D eigenvalue weighted by Crippen LogP contribution is 2.26. The summed E-state index contributed by atoms with van der Waals surface area (Å²) >= 11 is 3.35. The largest absolute Gasteiger partial charge is 0.496 e. The summed E-state index contributed by atoms with van der Waals surface area (Å²) in [6.07, 6.45) is 0. The Hall–Kier alpha value is -2.73. The first-order valence-corrected chi connectivity index (χ1v) is 8.74. The molecule has 0 unspecified atom stereocenters. The number of methoxy groups -OCH3 is 1. The van der Waals surface area contributed by atoms with Crippen molar-refractivity contribution in [2.45, 2.75) is 13.8 Å². The van der Waals surface area contributed by atoms with E-state index in [4.69, 9.17) is 9.47 Å². The van der Waals surface area contributed by atoms with Crippen LogP contribution in [0.25, 0.3) is 11.3 Å². The molecule has 5 nitrogen and oxygen atoms in total. The topological polar surface area (TPSA) is 61.3 Å². The summed E-state index contributed by atoms with van der Waals surface area (Å²) in [7, 11) is 1.56. The fourth-order valence-electron chi connectivity index (χ4n) is 2.38. The molecule has 0 N–H and O–H groups in total. The van der Waals surface area contributed by atoms with Crippen LogP contribution in [0.15, 0.2) is 53.0 Å².